The third-order valence-corrected chi connectivity index (χ3v) is 7.37. The van der Waals surface area contributed by atoms with Gasteiger partial charge >= 0.3 is 0 Å². The van der Waals surface area contributed by atoms with Gasteiger partial charge in [-0.1, -0.05) is 45.0 Å². The molecule has 166 valence electrons. The van der Waals surface area contributed by atoms with Gasteiger partial charge in [0.2, 0.25) is 11.7 Å². The lowest BCUT2D eigenvalue weighted by Crippen LogP contribution is -2.30. The van der Waals surface area contributed by atoms with Crippen molar-refractivity contribution >= 4 is 49.0 Å². The van der Waals surface area contributed by atoms with Gasteiger partial charge in [-0.15, -0.1) is 0 Å². The van der Waals surface area contributed by atoms with E-state index in [1.165, 1.54) is 49.4 Å². The first kappa shape index (κ1) is 20.4. The highest BCUT2D eigenvalue weighted by molar-refractivity contribution is 6.28. The molecule has 3 aromatic heterocycles. The first-order valence-electron chi connectivity index (χ1n) is 11.8. The summed E-state index contributed by atoms with van der Waals surface area (Å²) in [5.74, 6) is -0.157. The monoisotopic (exact) mass is 437 g/mol. The van der Waals surface area contributed by atoms with E-state index in [4.69, 9.17) is 0 Å². The number of pyridine rings is 2. The molecule has 3 heteroatoms. The lowest BCUT2D eigenvalue weighted by molar-refractivity contribution is -0.645. The summed E-state index contributed by atoms with van der Waals surface area (Å²) in [6.07, 6.45) is 2.55. The SMILES string of the molecule is Cc1cc(C)c2c(c1C)c1c3c(cc(CC(C)(C)C)c4c5ccccc5n2c43)c(F)c[n+]1C. The summed E-state index contributed by atoms with van der Waals surface area (Å²) in [4.78, 5) is 0. The summed E-state index contributed by atoms with van der Waals surface area (Å²) in [7, 11) is 1.98. The van der Waals surface area contributed by atoms with Crippen LogP contribution < -0.4 is 4.57 Å². The standard InChI is InChI=1S/C30H30FN2/c1-16-12-17(2)27-24(18(16)3)28-26-21(22(31)15-32(28)7)13-19(14-30(4,5)6)25-20-10-8-9-11-23(20)33(27)29(25)26/h8-13,15H,14H2,1-7H3/q+1. The summed E-state index contributed by atoms with van der Waals surface area (Å²) in [6.45, 7) is 13.3. The quantitative estimate of drug-likeness (QED) is 0.143. The van der Waals surface area contributed by atoms with Crippen molar-refractivity contribution in [2.75, 3.05) is 0 Å². The van der Waals surface area contributed by atoms with Gasteiger partial charge in [0.1, 0.15) is 7.05 Å². The molecule has 0 bridgehead atoms. The van der Waals surface area contributed by atoms with Gasteiger partial charge < -0.3 is 4.40 Å². The molecule has 33 heavy (non-hydrogen) atoms. The van der Waals surface area contributed by atoms with Gasteiger partial charge in [0.25, 0.3) is 0 Å². The number of hydrogen-bond acceptors (Lipinski definition) is 0. The summed E-state index contributed by atoms with van der Waals surface area (Å²) >= 11 is 0. The number of hydrogen-bond donors (Lipinski definition) is 0. The zero-order valence-electron chi connectivity index (χ0n) is 20.5. The maximum absolute atomic E-state index is 15.6. The number of aryl methyl sites for hydroxylation is 4. The zero-order chi connectivity index (χ0) is 23.4. The maximum atomic E-state index is 15.6. The molecule has 0 saturated heterocycles. The van der Waals surface area contributed by atoms with Gasteiger partial charge in [-0.2, -0.15) is 8.96 Å². The van der Waals surface area contributed by atoms with E-state index in [-0.39, 0.29) is 11.2 Å². The fourth-order valence-corrected chi connectivity index (χ4v) is 6.05. The predicted octanol–water partition coefficient (Wildman–Crippen LogP) is 7.47. The molecule has 0 atom stereocenters. The molecule has 0 aliphatic heterocycles. The number of para-hydroxylation sites is 1. The van der Waals surface area contributed by atoms with E-state index in [0.717, 1.165) is 28.2 Å². The smallest absolute Gasteiger partial charge is 0.224 e. The average Bonchev–Trinajstić information content (AvgIpc) is 3.08. The Balaban J connectivity index is 2.08. The van der Waals surface area contributed by atoms with Crippen molar-refractivity contribution in [3.8, 4) is 0 Å². The largest absolute Gasteiger partial charge is 0.307 e. The first-order valence-corrected chi connectivity index (χ1v) is 11.8. The zero-order valence-corrected chi connectivity index (χ0v) is 20.5. The van der Waals surface area contributed by atoms with E-state index in [1.54, 1.807) is 6.20 Å². The average molecular weight is 438 g/mol. The minimum absolute atomic E-state index is 0.0915. The van der Waals surface area contributed by atoms with Crippen LogP contribution in [0.2, 0.25) is 0 Å². The Labute approximate surface area is 193 Å². The first-order chi connectivity index (χ1) is 15.6. The Morgan fingerprint density at radius 3 is 2.33 bits per heavy atom. The highest BCUT2D eigenvalue weighted by Gasteiger charge is 2.29. The van der Waals surface area contributed by atoms with Crippen LogP contribution in [0, 0.1) is 32.0 Å². The molecular formula is C30H30FN2+. The number of fused-ring (bicyclic) bond motifs is 6. The Bertz CT molecular complexity index is 1760. The molecule has 0 amide bonds. The molecule has 6 rings (SSSR count). The van der Waals surface area contributed by atoms with Crippen LogP contribution in [-0.2, 0) is 13.5 Å². The molecule has 3 aromatic carbocycles. The van der Waals surface area contributed by atoms with Crippen LogP contribution in [0.3, 0.4) is 0 Å². The van der Waals surface area contributed by atoms with Crippen LogP contribution in [0.5, 0.6) is 0 Å². The molecule has 0 aliphatic rings. The lowest BCUT2D eigenvalue weighted by Gasteiger charge is -2.21. The minimum atomic E-state index is -0.157. The van der Waals surface area contributed by atoms with Crippen molar-refractivity contribution in [2.24, 2.45) is 12.5 Å². The summed E-state index contributed by atoms with van der Waals surface area (Å²) in [5.41, 5.74) is 9.79. The second kappa shape index (κ2) is 6.44. The highest BCUT2D eigenvalue weighted by Crippen LogP contribution is 2.45. The van der Waals surface area contributed by atoms with Crippen molar-refractivity contribution in [1.82, 2.24) is 4.40 Å². The van der Waals surface area contributed by atoms with Gasteiger partial charge in [0, 0.05) is 16.2 Å². The molecular weight excluding hydrogens is 407 g/mol. The second-order valence-corrected chi connectivity index (χ2v) is 11.1. The number of rotatable bonds is 1. The number of halogens is 1. The van der Waals surface area contributed by atoms with Crippen molar-refractivity contribution in [2.45, 2.75) is 48.0 Å². The maximum Gasteiger partial charge on any atom is 0.224 e. The van der Waals surface area contributed by atoms with Crippen LogP contribution in [0.25, 0.3) is 49.0 Å². The normalized spacial score (nSPS) is 13.0. The molecule has 2 nitrogen and oxygen atoms in total. The van der Waals surface area contributed by atoms with Crippen LogP contribution >= 0.6 is 0 Å². The van der Waals surface area contributed by atoms with Gasteiger partial charge in [0.15, 0.2) is 5.82 Å². The van der Waals surface area contributed by atoms with Crippen LogP contribution in [0.4, 0.5) is 4.39 Å². The van der Waals surface area contributed by atoms with Crippen LogP contribution in [0.1, 0.15) is 43.0 Å². The third-order valence-electron chi connectivity index (χ3n) is 7.37. The fraction of sp³-hybridized carbons (Fsp3) is 0.300. The van der Waals surface area contributed by atoms with Gasteiger partial charge in [-0.25, -0.2) is 0 Å². The van der Waals surface area contributed by atoms with Crippen molar-refractivity contribution in [1.29, 1.82) is 0 Å². The number of aromatic nitrogens is 2. The van der Waals surface area contributed by atoms with E-state index < -0.39 is 0 Å². The van der Waals surface area contributed by atoms with E-state index in [1.807, 2.05) is 11.6 Å². The molecule has 3 heterocycles. The number of nitrogens with zero attached hydrogens (tertiary/aromatic N) is 2. The van der Waals surface area contributed by atoms with Gasteiger partial charge in [0.05, 0.1) is 27.3 Å². The van der Waals surface area contributed by atoms with Crippen LogP contribution in [0.15, 0.2) is 42.6 Å². The van der Waals surface area contributed by atoms with Gasteiger partial charge in [-0.3, -0.25) is 0 Å². The fourth-order valence-electron chi connectivity index (χ4n) is 6.05. The molecule has 0 saturated carbocycles. The molecule has 0 fully saturated rings. The third kappa shape index (κ3) is 2.62. The topological polar surface area (TPSA) is 8.29 Å². The highest BCUT2D eigenvalue weighted by atomic mass is 19.1. The molecule has 0 unspecified atom stereocenters. The Hall–Kier alpha value is -3.20. The predicted molar refractivity (Wildman–Crippen MR) is 137 cm³/mol. The van der Waals surface area contributed by atoms with E-state index in [2.05, 4.69) is 82.3 Å². The van der Waals surface area contributed by atoms with Crippen molar-refractivity contribution in [3.05, 3.63) is 70.7 Å². The molecule has 6 aromatic rings. The lowest BCUT2D eigenvalue weighted by atomic mass is 9.85. The van der Waals surface area contributed by atoms with Crippen LogP contribution in [-0.4, -0.2) is 4.40 Å². The second-order valence-electron chi connectivity index (χ2n) is 11.1. The minimum Gasteiger partial charge on any atom is -0.307 e. The Kier molecular flexibility index (Phi) is 3.98. The van der Waals surface area contributed by atoms with E-state index in [9.17, 15) is 0 Å². The van der Waals surface area contributed by atoms with E-state index in [0.29, 0.717) is 0 Å². The Morgan fingerprint density at radius 2 is 1.61 bits per heavy atom. The Morgan fingerprint density at radius 1 is 0.879 bits per heavy atom. The molecule has 0 radical (unpaired) electrons. The van der Waals surface area contributed by atoms with Crippen molar-refractivity contribution in [3.63, 3.8) is 0 Å². The van der Waals surface area contributed by atoms with E-state index >= 15 is 4.39 Å². The molecule has 0 spiro atoms. The van der Waals surface area contributed by atoms with Crippen molar-refractivity contribution < 1.29 is 8.96 Å². The summed E-state index contributed by atoms with van der Waals surface area (Å²) < 4.78 is 20.0. The summed E-state index contributed by atoms with van der Waals surface area (Å²) in [5, 5.41) is 5.49. The summed E-state index contributed by atoms with van der Waals surface area (Å²) in [6, 6.07) is 13.1. The molecule has 0 N–H and O–H groups in total. The number of benzene rings is 3. The molecule has 0 aliphatic carbocycles. The van der Waals surface area contributed by atoms with Gasteiger partial charge in [-0.05, 0) is 67.0 Å².